The molecule has 1 N–H and O–H groups in total. The van der Waals surface area contributed by atoms with E-state index >= 15 is 0 Å². The number of carbonyl (C=O) groups excluding carboxylic acids is 2. The monoisotopic (exact) mass is 399 g/mol. The Bertz CT molecular complexity index is 874. The number of aliphatic hydroxyl groups excluding tert-OH is 1. The fraction of sp³-hybridized carbons (Fsp3) is 0.300. The molecular formula is C20H21N3O6. The highest BCUT2D eigenvalue weighted by molar-refractivity contribution is 5.91. The summed E-state index contributed by atoms with van der Waals surface area (Å²) in [5.41, 5.74) is 1.90. The minimum absolute atomic E-state index is 0.0374. The van der Waals surface area contributed by atoms with E-state index in [9.17, 15) is 19.7 Å². The minimum Gasteiger partial charge on any atom is -0.452 e. The van der Waals surface area contributed by atoms with Gasteiger partial charge < -0.3 is 19.6 Å². The van der Waals surface area contributed by atoms with Gasteiger partial charge in [0.2, 0.25) is 0 Å². The van der Waals surface area contributed by atoms with Crippen LogP contribution in [0.3, 0.4) is 0 Å². The zero-order chi connectivity index (χ0) is 20.8. The van der Waals surface area contributed by atoms with Crippen LogP contribution in [-0.2, 0) is 16.1 Å². The molecule has 1 fully saturated rings. The summed E-state index contributed by atoms with van der Waals surface area (Å²) in [6.07, 6.45) is 0. The molecule has 0 saturated carbocycles. The van der Waals surface area contributed by atoms with Crippen molar-refractivity contribution in [3.8, 4) is 0 Å². The first-order valence-corrected chi connectivity index (χ1v) is 9.12. The van der Waals surface area contributed by atoms with E-state index in [1.165, 1.54) is 12.1 Å². The van der Waals surface area contributed by atoms with E-state index in [4.69, 9.17) is 9.84 Å². The molecule has 1 amide bonds. The molecule has 152 valence electrons. The van der Waals surface area contributed by atoms with Crippen molar-refractivity contribution in [2.45, 2.75) is 6.61 Å². The molecule has 9 nitrogen and oxygen atoms in total. The summed E-state index contributed by atoms with van der Waals surface area (Å²) in [6, 6.07) is 12.6. The number of nitrogens with zero attached hydrogens (tertiary/aromatic N) is 3. The molecule has 2 aromatic rings. The Morgan fingerprint density at radius 3 is 2.17 bits per heavy atom. The Hall–Kier alpha value is -3.46. The van der Waals surface area contributed by atoms with Crippen molar-refractivity contribution in [3.05, 3.63) is 69.8 Å². The van der Waals surface area contributed by atoms with Crippen molar-refractivity contribution in [1.29, 1.82) is 0 Å². The highest BCUT2D eigenvalue weighted by Gasteiger charge is 2.22. The first kappa shape index (κ1) is 20.3. The van der Waals surface area contributed by atoms with E-state index in [1.54, 1.807) is 41.3 Å². The molecule has 29 heavy (non-hydrogen) atoms. The van der Waals surface area contributed by atoms with Crippen molar-refractivity contribution in [3.63, 3.8) is 0 Å². The van der Waals surface area contributed by atoms with E-state index < -0.39 is 10.9 Å². The van der Waals surface area contributed by atoms with Gasteiger partial charge in [-0.2, -0.15) is 0 Å². The third kappa shape index (κ3) is 5.08. The van der Waals surface area contributed by atoms with Gasteiger partial charge in [0, 0.05) is 44.0 Å². The number of benzene rings is 2. The molecule has 3 rings (SSSR count). The van der Waals surface area contributed by atoms with Crippen molar-refractivity contribution in [1.82, 2.24) is 4.90 Å². The average Bonchev–Trinajstić information content (AvgIpc) is 2.77. The average molecular weight is 399 g/mol. The number of non-ortho nitro benzene ring substituents is 1. The highest BCUT2D eigenvalue weighted by Crippen LogP contribution is 2.20. The molecule has 1 aliphatic rings. The fourth-order valence-corrected chi connectivity index (χ4v) is 3.05. The van der Waals surface area contributed by atoms with E-state index in [0.717, 1.165) is 5.69 Å². The number of hydrogen-bond donors (Lipinski definition) is 1. The van der Waals surface area contributed by atoms with Crippen LogP contribution < -0.4 is 4.90 Å². The molecule has 1 aliphatic heterocycles. The van der Waals surface area contributed by atoms with Gasteiger partial charge in [-0.3, -0.25) is 14.9 Å². The van der Waals surface area contributed by atoms with Crippen LogP contribution in [0.15, 0.2) is 48.5 Å². The SMILES string of the molecule is O=C(OCC(=O)N1CCN(c2ccc([N+](=O)[O-])cc2)CC1)c1ccc(CO)cc1. The van der Waals surface area contributed by atoms with Gasteiger partial charge >= 0.3 is 5.97 Å². The second-order valence-corrected chi connectivity index (χ2v) is 6.57. The Labute approximate surface area is 167 Å². The predicted octanol–water partition coefficient (Wildman–Crippen LogP) is 1.59. The third-order valence-corrected chi connectivity index (χ3v) is 4.76. The van der Waals surface area contributed by atoms with Crippen LogP contribution >= 0.6 is 0 Å². The maximum absolute atomic E-state index is 12.3. The van der Waals surface area contributed by atoms with Gasteiger partial charge in [-0.15, -0.1) is 0 Å². The smallest absolute Gasteiger partial charge is 0.338 e. The van der Waals surface area contributed by atoms with E-state index in [0.29, 0.717) is 37.3 Å². The molecule has 0 aromatic heterocycles. The van der Waals surface area contributed by atoms with Crippen LogP contribution in [-0.4, -0.2) is 59.6 Å². The maximum Gasteiger partial charge on any atom is 0.338 e. The second kappa shape index (κ2) is 9.16. The number of carbonyl (C=O) groups is 2. The highest BCUT2D eigenvalue weighted by atomic mass is 16.6. The molecule has 0 aliphatic carbocycles. The van der Waals surface area contributed by atoms with Gasteiger partial charge in [0.25, 0.3) is 11.6 Å². The number of rotatable bonds is 6. The predicted molar refractivity (Wildman–Crippen MR) is 105 cm³/mol. The third-order valence-electron chi connectivity index (χ3n) is 4.76. The van der Waals surface area contributed by atoms with Crippen molar-refractivity contribution >= 4 is 23.3 Å². The van der Waals surface area contributed by atoms with Gasteiger partial charge in [-0.05, 0) is 29.8 Å². The summed E-state index contributed by atoms with van der Waals surface area (Å²) in [5, 5.41) is 19.8. The molecular weight excluding hydrogens is 378 g/mol. The van der Waals surface area contributed by atoms with Crippen molar-refractivity contribution in [2.75, 3.05) is 37.7 Å². The van der Waals surface area contributed by atoms with E-state index in [2.05, 4.69) is 0 Å². The van der Waals surface area contributed by atoms with E-state index in [1.807, 2.05) is 4.90 Å². The zero-order valence-electron chi connectivity index (χ0n) is 15.7. The summed E-state index contributed by atoms with van der Waals surface area (Å²) in [6.45, 7) is 1.66. The Morgan fingerprint density at radius 1 is 1.00 bits per heavy atom. The van der Waals surface area contributed by atoms with Crippen LogP contribution in [0.2, 0.25) is 0 Å². The van der Waals surface area contributed by atoms with Crippen LogP contribution in [0.1, 0.15) is 15.9 Å². The summed E-state index contributed by atoms with van der Waals surface area (Å²) in [5.74, 6) is -0.860. The molecule has 9 heteroatoms. The molecule has 1 heterocycles. The van der Waals surface area contributed by atoms with Gasteiger partial charge in [0.15, 0.2) is 6.61 Å². The number of ether oxygens (including phenoxy) is 1. The molecule has 0 atom stereocenters. The van der Waals surface area contributed by atoms with Gasteiger partial charge in [0.1, 0.15) is 0 Å². The summed E-state index contributed by atoms with van der Waals surface area (Å²) >= 11 is 0. The largest absolute Gasteiger partial charge is 0.452 e. The van der Waals surface area contributed by atoms with Crippen LogP contribution in [0.4, 0.5) is 11.4 Å². The van der Waals surface area contributed by atoms with Gasteiger partial charge in [-0.1, -0.05) is 12.1 Å². The zero-order valence-corrected chi connectivity index (χ0v) is 15.7. The number of piperazine rings is 1. The van der Waals surface area contributed by atoms with E-state index in [-0.39, 0.29) is 24.8 Å². The first-order valence-electron chi connectivity index (χ1n) is 9.12. The van der Waals surface area contributed by atoms with Crippen molar-refractivity contribution in [2.24, 2.45) is 0 Å². The summed E-state index contributed by atoms with van der Waals surface area (Å²) in [7, 11) is 0. The van der Waals surface area contributed by atoms with Gasteiger partial charge in [0.05, 0.1) is 17.1 Å². The Morgan fingerprint density at radius 2 is 1.62 bits per heavy atom. The number of hydrogen-bond acceptors (Lipinski definition) is 7. The number of anilines is 1. The second-order valence-electron chi connectivity index (χ2n) is 6.57. The topological polar surface area (TPSA) is 113 Å². The maximum atomic E-state index is 12.3. The number of amides is 1. The fourth-order valence-electron chi connectivity index (χ4n) is 3.05. The minimum atomic E-state index is -0.590. The summed E-state index contributed by atoms with van der Waals surface area (Å²) in [4.78, 5) is 38.3. The number of aliphatic hydroxyl groups is 1. The van der Waals surface area contributed by atoms with Crippen LogP contribution in [0.5, 0.6) is 0 Å². The van der Waals surface area contributed by atoms with Gasteiger partial charge in [-0.25, -0.2) is 4.79 Å². The van der Waals surface area contributed by atoms with Crippen molar-refractivity contribution < 1.29 is 24.4 Å². The lowest BCUT2D eigenvalue weighted by atomic mass is 10.1. The standard InChI is InChI=1S/C20H21N3O6/c24-13-15-1-3-16(4-2-15)20(26)29-14-19(25)22-11-9-21(10-12-22)17-5-7-18(8-6-17)23(27)28/h1-8,24H,9-14H2. The lowest BCUT2D eigenvalue weighted by Crippen LogP contribution is -2.49. The Balaban J connectivity index is 1.46. The number of nitro groups is 1. The quantitative estimate of drug-likeness (QED) is 0.446. The number of nitro benzene ring substituents is 1. The summed E-state index contributed by atoms with van der Waals surface area (Å²) < 4.78 is 5.09. The molecule has 0 unspecified atom stereocenters. The lowest BCUT2D eigenvalue weighted by molar-refractivity contribution is -0.384. The molecule has 0 radical (unpaired) electrons. The molecule has 1 saturated heterocycles. The molecule has 0 spiro atoms. The number of esters is 1. The van der Waals surface area contributed by atoms with Crippen LogP contribution in [0.25, 0.3) is 0 Å². The Kier molecular flexibility index (Phi) is 6.40. The first-order chi connectivity index (χ1) is 14.0. The lowest BCUT2D eigenvalue weighted by Gasteiger charge is -2.36. The molecule has 2 aromatic carbocycles. The normalized spacial score (nSPS) is 13.8. The van der Waals surface area contributed by atoms with Crippen LogP contribution in [0, 0.1) is 10.1 Å². The molecule has 0 bridgehead atoms.